The third kappa shape index (κ3) is 2.95. The zero-order valence-corrected chi connectivity index (χ0v) is 8.07. The Morgan fingerprint density at radius 3 is 2.17 bits per heavy atom. The van der Waals surface area contributed by atoms with Gasteiger partial charge in [-0.15, -0.1) is 0 Å². The molecule has 0 fully saturated rings. The normalized spacial score (nSPS) is 16.8. The molecule has 0 aromatic heterocycles. The van der Waals surface area contributed by atoms with E-state index in [0.717, 1.165) is 6.08 Å². The van der Waals surface area contributed by atoms with E-state index in [1.807, 2.05) is 0 Å². The van der Waals surface area contributed by atoms with Crippen LogP contribution < -0.4 is 0 Å². The molecule has 0 aliphatic rings. The molecule has 0 aromatic carbocycles. The van der Waals surface area contributed by atoms with Gasteiger partial charge in [-0.1, -0.05) is 0 Å². The summed E-state index contributed by atoms with van der Waals surface area (Å²) >= 11 is 2.74. The van der Waals surface area contributed by atoms with Crippen LogP contribution >= 0.6 is 15.9 Å². The van der Waals surface area contributed by atoms with Gasteiger partial charge in [-0.3, -0.25) is 20.2 Å². The topological polar surface area (TPSA) is 86.3 Å². The smallest absolute Gasteiger partial charge is 0.263 e. The maximum absolute atomic E-state index is 10.3. The van der Waals surface area contributed by atoms with Gasteiger partial charge >= 0.3 is 0 Å². The lowest BCUT2D eigenvalue weighted by Crippen LogP contribution is -2.25. The third-order valence-corrected chi connectivity index (χ3v) is 1.64. The van der Waals surface area contributed by atoms with E-state index < -0.39 is 14.3 Å². The highest BCUT2D eigenvalue weighted by Gasteiger charge is 2.32. The monoisotopic (exact) mass is 238 g/mol. The molecule has 68 valence electrons. The molecule has 7 heteroatoms. The predicted molar refractivity (Wildman–Crippen MR) is 45.1 cm³/mol. The highest BCUT2D eigenvalue weighted by molar-refractivity contribution is 9.10. The lowest BCUT2D eigenvalue weighted by molar-refractivity contribution is -0.519. The first-order valence-electron chi connectivity index (χ1n) is 2.94. The summed E-state index contributed by atoms with van der Waals surface area (Å²) in [7, 11) is 0. The molecule has 0 heterocycles. The van der Waals surface area contributed by atoms with Crippen molar-refractivity contribution in [2.24, 2.45) is 0 Å². The Morgan fingerprint density at radius 2 is 1.92 bits per heavy atom. The summed E-state index contributed by atoms with van der Waals surface area (Å²) in [5.41, 5.74) is -0.258. The Bertz CT molecular complexity index is 248. The van der Waals surface area contributed by atoms with Crippen LogP contribution in [-0.2, 0) is 0 Å². The fourth-order valence-electron chi connectivity index (χ4n) is 0.487. The highest BCUT2D eigenvalue weighted by Crippen LogP contribution is 2.21. The van der Waals surface area contributed by atoms with Gasteiger partial charge in [-0.05, 0) is 0 Å². The Morgan fingerprint density at radius 1 is 1.50 bits per heavy atom. The Labute approximate surface area is 76.7 Å². The summed E-state index contributed by atoms with van der Waals surface area (Å²) < 4.78 is -1.57. The Kier molecular flexibility index (Phi) is 3.32. The van der Waals surface area contributed by atoms with Gasteiger partial charge in [0.25, 0.3) is 4.45 Å². The van der Waals surface area contributed by atoms with Gasteiger partial charge < -0.3 is 0 Å². The SMILES string of the molecule is C/C(=C\[C@](C)(Br)[N+](=O)[O-])[N+](=O)[O-]. The number of rotatable bonds is 3. The second-order valence-electron chi connectivity index (χ2n) is 2.32. The quantitative estimate of drug-likeness (QED) is 0.323. The molecule has 6 nitrogen and oxygen atoms in total. The van der Waals surface area contributed by atoms with Crippen LogP contribution in [0.15, 0.2) is 11.8 Å². The minimum atomic E-state index is -1.57. The van der Waals surface area contributed by atoms with E-state index in [1.54, 1.807) is 0 Å². The van der Waals surface area contributed by atoms with Crippen LogP contribution in [0.25, 0.3) is 0 Å². The molecule has 0 spiro atoms. The van der Waals surface area contributed by atoms with Crippen molar-refractivity contribution >= 4 is 15.9 Å². The van der Waals surface area contributed by atoms with E-state index in [9.17, 15) is 20.2 Å². The maximum atomic E-state index is 10.3. The molecule has 0 N–H and O–H groups in total. The fraction of sp³-hybridized carbons (Fsp3) is 0.600. The molecule has 0 aromatic rings. The first-order chi connectivity index (χ1) is 5.27. The second-order valence-corrected chi connectivity index (χ2v) is 3.93. The average molecular weight is 239 g/mol. The number of allylic oxidation sites excluding steroid dienone is 1. The molecule has 0 aliphatic heterocycles. The molecule has 0 saturated carbocycles. The maximum Gasteiger partial charge on any atom is 0.296 e. The molecule has 1 atom stereocenters. The highest BCUT2D eigenvalue weighted by atomic mass is 79.9. The van der Waals surface area contributed by atoms with Crippen LogP contribution in [0.3, 0.4) is 0 Å². The molecule has 0 unspecified atom stereocenters. The van der Waals surface area contributed by atoms with Crippen molar-refractivity contribution in [3.8, 4) is 0 Å². The fourth-order valence-corrected chi connectivity index (χ4v) is 0.818. The summed E-state index contributed by atoms with van der Waals surface area (Å²) in [5.74, 6) is 0. The van der Waals surface area contributed by atoms with E-state index in [0.29, 0.717) is 0 Å². The summed E-state index contributed by atoms with van der Waals surface area (Å²) in [6.07, 6.45) is 0.938. The van der Waals surface area contributed by atoms with Gasteiger partial charge in [-0.2, -0.15) is 0 Å². The Balaban J connectivity index is 4.73. The van der Waals surface area contributed by atoms with E-state index in [-0.39, 0.29) is 5.70 Å². The van der Waals surface area contributed by atoms with Crippen molar-refractivity contribution < 1.29 is 9.85 Å². The van der Waals surface area contributed by atoms with Crippen LogP contribution in [-0.4, -0.2) is 14.3 Å². The van der Waals surface area contributed by atoms with Crippen molar-refractivity contribution in [1.29, 1.82) is 0 Å². The number of nitro groups is 2. The van der Waals surface area contributed by atoms with E-state index in [4.69, 9.17) is 0 Å². The van der Waals surface area contributed by atoms with Crippen LogP contribution in [0.5, 0.6) is 0 Å². The largest absolute Gasteiger partial charge is 0.296 e. The third-order valence-electron chi connectivity index (χ3n) is 1.12. The number of hydrogen-bond acceptors (Lipinski definition) is 4. The summed E-state index contributed by atoms with van der Waals surface area (Å²) in [6, 6.07) is 0. The average Bonchev–Trinajstić information content (AvgIpc) is 1.85. The molecule has 0 amide bonds. The van der Waals surface area contributed by atoms with Gasteiger partial charge in [0.2, 0.25) is 5.70 Å². The van der Waals surface area contributed by atoms with E-state index in [2.05, 4.69) is 15.9 Å². The van der Waals surface area contributed by atoms with Crippen LogP contribution in [0.4, 0.5) is 0 Å². The van der Waals surface area contributed by atoms with Crippen molar-refractivity contribution in [2.75, 3.05) is 0 Å². The molecule has 0 rings (SSSR count). The summed E-state index contributed by atoms with van der Waals surface area (Å²) in [5, 5.41) is 20.4. The Hall–Kier alpha value is -0.980. The predicted octanol–water partition coefficient (Wildman–Crippen LogP) is 1.55. The minimum absolute atomic E-state index is 0.258. The molecule has 12 heavy (non-hydrogen) atoms. The van der Waals surface area contributed by atoms with Crippen LogP contribution in [0.1, 0.15) is 13.8 Å². The van der Waals surface area contributed by atoms with Crippen LogP contribution in [0.2, 0.25) is 0 Å². The first kappa shape index (κ1) is 11.0. The van der Waals surface area contributed by atoms with Gasteiger partial charge in [0.1, 0.15) is 0 Å². The summed E-state index contributed by atoms with van der Waals surface area (Å²) in [6.45, 7) is 2.42. The molecule has 0 radical (unpaired) electrons. The molecular formula is C5H7BrN2O4. The number of alkyl halides is 1. The van der Waals surface area contributed by atoms with Crippen molar-refractivity contribution in [2.45, 2.75) is 18.3 Å². The van der Waals surface area contributed by atoms with Gasteiger partial charge in [0.15, 0.2) is 0 Å². The molecule has 0 aliphatic carbocycles. The van der Waals surface area contributed by atoms with Gasteiger partial charge in [0.05, 0.1) is 11.0 Å². The number of nitrogens with zero attached hydrogens (tertiary/aromatic N) is 2. The lowest BCUT2D eigenvalue weighted by Gasteiger charge is -2.06. The zero-order valence-electron chi connectivity index (χ0n) is 6.48. The number of hydrogen-bond donors (Lipinski definition) is 0. The molecule has 0 bridgehead atoms. The van der Waals surface area contributed by atoms with E-state index in [1.165, 1.54) is 13.8 Å². The van der Waals surface area contributed by atoms with Crippen molar-refractivity contribution in [3.63, 3.8) is 0 Å². The van der Waals surface area contributed by atoms with Gasteiger partial charge in [0, 0.05) is 34.7 Å². The zero-order chi connectivity index (χ0) is 9.94. The van der Waals surface area contributed by atoms with Crippen molar-refractivity contribution in [1.82, 2.24) is 0 Å². The second kappa shape index (κ2) is 3.61. The molecule has 0 saturated heterocycles. The molecular weight excluding hydrogens is 232 g/mol. The standard InChI is InChI=1S/C5H7BrN2O4/c1-4(7(9)10)3-5(2,6)8(11)12/h3H,1-2H3/b4-3+/t5-/m1/s1. The van der Waals surface area contributed by atoms with Gasteiger partial charge in [-0.25, -0.2) is 0 Å². The van der Waals surface area contributed by atoms with Crippen molar-refractivity contribution in [3.05, 3.63) is 32.0 Å². The lowest BCUT2D eigenvalue weighted by atomic mass is 10.3. The van der Waals surface area contributed by atoms with E-state index >= 15 is 0 Å². The van der Waals surface area contributed by atoms with Crippen LogP contribution in [0, 0.1) is 20.2 Å². The first-order valence-corrected chi connectivity index (χ1v) is 3.74. The minimum Gasteiger partial charge on any atom is -0.263 e. The number of halogens is 1. The summed E-state index contributed by atoms with van der Waals surface area (Å²) in [4.78, 5) is 19.0.